The van der Waals surface area contributed by atoms with Crippen LogP contribution >= 0.6 is 0 Å². The SMILES string of the molecule is C=C[C@H](NC)[C@H](C)O. The molecular formula is C6H13NO. The van der Waals surface area contributed by atoms with E-state index in [4.69, 9.17) is 5.11 Å². The Bertz CT molecular complexity index is 70.9. The van der Waals surface area contributed by atoms with Crippen LogP contribution in [0.3, 0.4) is 0 Å². The molecule has 2 atom stereocenters. The maximum Gasteiger partial charge on any atom is 0.0700 e. The van der Waals surface area contributed by atoms with Crippen molar-refractivity contribution >= 4 is 0 Å². The molecule has 2 nitrogen and oxygen atoms in total. The summed E-state index contributed by atoms with van der Waals surface area (Å²) in [5, 5.41) is 11.8. The average Bonchev–Trinajstić information content (AvgIpc) is 1.69. The van der Waals surface area contributed by atoms with E-state index >= 15 is 0 Å². The quantitative estimate of drug-likeness (QED) is 0.513. The molecule has 0 aliphatic rings. The minimum absolute atomic E-state index is 0.0231. The highest BCUT2D eigenvalue weighted by atomic mass is 16.3. The normalized spacial score (nSPS) is 17.4. The lowest BCUT2D eigenvalue weighted by atomic mass is 10.2. The van der Waals surface area contributed by atoms with E-state index in [0.29, 0.717) is 0 Å². The molecule has 0 amide bonds. The largest absolute Gasteiger partial charge is 0.391 e. The van der Waals surface area contributed by atoms with Crippen molar-refractivity contribution in [2.45, 2.75) is 19.1 Å². The molecule has 0 saturated heterocycles. The molecule has 0 aromatic carbocycles. The fourth-order valence-corrected chi connectivity index (χ4v) is 0.556. The van der Waals surface area contributed by atoms with E-state index in [1.165, 1.54) is 0 Å². The van der Waals surface area contributed by atoms with Crippen molar-refractivity contribution in [2.24, 2.45) is 0 Å². The third kappa shape index (κ3) is 2.09. The maximum atomic E-state index is 8.88. The first-order valence-electron chi connectivity index (χ1n) is 2.70. The Morgan fingerprint density at radius 3 is 2.25 bits per heavy atom. The molecule has 48 valence electrons. The molecule has 0 heterocycles. The number of rotatable bonds is 3. The Hall–Kier alpha value is -0.340. The Labute approximate surface area is 50.2 Å². The molecule has 0 unspecified atom stereocenters. The number of aliphatic hydroxyl groups excluding tert-OH is 1. The van der Waals surface area contributed by atoms with E-state index in [1.807, 2.05) is 0 Å². The van der Waals surface area contributed by atoms with Gasteiger partial charge in [-0.05, 0) is 14.0 Å². The predicted octanol–water partition coefficient (Wildman–Crippen LogP) is 0.141. The number of nitrogens with one attached hydrogen (secondary N) is 1. The Morgan fingerprint density at radius 1 is 1.75 bits per heavy atom. The van der Waals surface area contributed by atoms with Gasteiger partial charge in [0.15, 0.2) is 0 Å². The second-order valence-electron chi connectivity index (χ2n) is 1.79. The molecule has 0 fully saturated rings. The van der Waals surface area contributed by atoms with Gasteiger partial charge in [-0.25, -0.2) is 0 Å². The number of hydrogen-bond donors (Lipinski definition) is 2. The monoisotopic (exact) mass is 115 g/mol. The first-order valence-corrected chi connectivity index (χ1v) is 2.70. The van der Waals surface area contributed by atoms with Crippen molar-refractivity contribution in [1.82, 2.24) is 5.32 Å². The number of hydrogen-bond acceptors (Lipinski definition) is 2. The zero-order valence-corrected chi connectivity index (χ0v) is 5.39. The lowest BCUT2D eigenvalue weighted by Crippen LogP contribution is -2.33. The summed E-state index contributed by atoms with van der Waals surface area (Å²) in [5.41, 5.74) is 0. The highest BCUT2D eigenvalue weighted by Crippen LogP contribution is 1.90. The van der Waals surface area contributed by atoms with E-state index in [2.05, 4.69) is 11.9 Å². The molecule has 0 aliphatic heterocycles. The van der Waals surface area contributed by atoms with Crippen LogP contribution in [0.2, 0.25) is 0 Å². The molecule has 2 N–H and O–H groups in total. The van der Waals surface area contributed by atoms with E-state index in [0.717, 1.165) is 0 Å². The van der Waals surface area contributed by atoms with Crippen LogP contribution in [0, 0.1) is 0 Å². The summed E-state index contributed by atoms with van der Waals surface area (Å²) in [6.07, 6.45) is 1.34. The van der Waals surface area contributed by atoms with Crippen LogP contribution in [0.15, 0.2) is 12.7 Å². The topological polar surface area (TPSA) is 32.3 Å². The molecule has 0 radical (unpaired) electrons. The van der Waals surface area contributed by atoms with Crippen molar-refractivity contribution < 1.29 is 5.11 Å². The summed E-state index contributed by atoms with van der Waals surface area (Å²) in [6, 6.07) is 0.0231. The van der Waals surface area contributed by atoms with Crippen molar-refractivity contribution in [3.05, 3.63) is 12.7 Å². The highest BCUT2D eigenvalue weighted by molar-refractivity contribution is 4.87. The number of aliphatic hydroxyl groups is 1. The predicted molar refractivity (Wildman–Crippen MR) is 34.7 cm³/mol. The van der Waals surface area contributed by atoms with Gasteiger partial charge in [0, 0.05) is 0 Å². The van der Waals surface area contributed by atoms with Gasteiger partial charge in [-0.3, -0.25) is 0 Å². The lowest BCUT2D eigenvalue weighted by Gasteiger charge is -2.12. The molecule has 0 aromatic heterocycles. The summed E-state index contributed by atoms with van der Waals surface area (Å²) in [4.78, 5) is 0. The molecule has 2 heteroatoms. The van der Waals surface area contributed by atoms with Crippen LogP contribution < -0.4 is 5.32 Å². The second kappa shape index (κ2) is 3.64. The zero-order valence-electron chi connectivity index (χ0n) is 5.39. The van der Waals surface area contributed by atoms with Crippen LogP contribution in [0.5, 0.6) is 0 Å². The fraction of sp³-hybridized carbons (Fsp3) is 0.667. The first kappa shape index (κ1) is 7.66. The minimum Gasteiger partial charge on any atom is -0.391 e. The van der Waals surface area contributed by atoms with Crippen molar-refractivity contribution in [3.8, 4) is 0 Å². The first-order chi connectivity index (χ1) is 3.72. The molecule has 8 heavy (non-hydrogen) atoms. The Morgan fingerprint density at radius 2 is 2.25 bits per heavy atom. The third-order valence-electron chi connectivity index (χ3n) is 1.11. The zero-order chi connectivity index (χ0) is 6.57. The fourth-order valence-electron chi connectivity index (χ4n) is 0.556. The van der Waals surface area contributed by atoms with Gasteiger partial charge in [-0.15, -0.1) is 6.58 Å². The van der Waals surface area contributed by atoms with Crippen molar-refractivity contribution in [1.29, 1.82) is 0 Å². The van der Waals surface area contributed by atoms with Crippen molar-refractivity contribution in [2.75, 3.05) is 7.05 Å². The molecule has 0 rings (SSSR count). The molecule has 0 saturated carbocycles. The second-order valence-corrected chi connectivity index (χ2v) is 1.79. The van der Waals surface area contributed by atoms with Gasteiger partial charge >= 0.3 is 0 Å². The van der Waals surface area contributed by atoms with Crippen LogP contribution in [0.1, 0.15) is 6.92 Å². The minimum atomic E-state index is -0.350. The lowest BCUT2D eigenvalue weighted by molar-refractivity contribution is 0.168. The van der Waals surface area contributed by atoms with Gasteiger partial charge in [0.25, 0.3) is 0 Å². The van der Waals surface area contributed by atoms with Gasteiger partial charge in [0.05, 0.1) is 12.1 Å². The maximum absolute atomic E-state index is 8.88. The van der Waals surface area contributed by atoms with Gasteiger partial charge in [-0.1, -0.05) is 6.08 Å². The molecule has 0 bridgehead atoms. The molecule has 0 spiro atoms. The Kier molecular flexibility index (Phi) is 3.48. The molecule has 0 aromatic rings. The summed E-state index contributed by atoms with van der Waals surface area (Å²) in [6.45, 7) is 5.26. The molecular weight excluding hydrogens is 102 g/mol. The van der Waals surface area contributed by atoms with Crippen LogP contribution in [-0.4, -0.2) is 24.3 Å². The van der Waals surface area contributed by atoms with Gasteiger partial charge in [-0.2, -0.15) is 0 Å². The average molecular weight is 115 g/mol. The standard InChI is InChI=1S/C6H13NO/c1-4-6(7-3)5(2)8/h4-8H,1H2,2-3H3/t5-,6-/m0/s1. The van der Waals surface area contributed by atoms with E-state index in [1.54, 1.807) is 20.0 Å². The van der Waals surface area contributed by atoms with E-state index < -0.39 is 0 Å². The molecule has 0 aliphatic carbocycles. The number of likely N-dealkylation sites (N-methyl/N-ethyl adjacent to an activating group) is 1. The van der Waals surface area contributed by atoms with Crippen molar-refractivity contribution in [3.63, 3.8) is 0 Å². The summed E-state index contributed by atoms with van der Waals surface area (Å²) < 4.78 is 0. The smallest absolute Gasteiger partial charge is 0.0700 e. The van der Waals surface area contributed by atoms with Gasteiger partial charge < -0.3 is 10.4 Å². The van der Waals surface area contributed by atoms with Crippen LogP contribution in [-0.2, 0) is 0 Å². The van der Waals surface area contributed by atoms with E-state index in [9.17, 15) is 0 Å². The summed E-state index contributed by atoms with van der Waals surface area (Å²) >= 11 is 0. The third-order valence-corrected chi connectivity index (χ3v) is 1.11. The Balaban J connectivity index is 3.51. The van der Waals surface area contributed by atoms with Gasteiger partial charge in [0.1, 0.15) is 0 Å². The van der Waals surface area contributed by atoms with Crippen LogP contribution in [0.4, 0.5) is 0 Å². The summed E-state index contributed by atoms with van der Waals surface area (Å²) in [7, 11) is 1.79. The van der Waals surface area contributed by atoms with Gasteiger partial charge in [0.2, 0.25) is 0 Å². The van der Waals surface area contributed by atoms with Crippen LogP contribution in [0.25, 0.3) is 0 Å². The van der Waals surface area contributed by atoms with E-state index in [-0.39, 0.29) is 12.1 Å². The highest BCUT2D eigenvalue weighted by Gasteiger charge is 2.05. The summed E-state index contributed by atoms with van der Waals surface area (Å²) in [5.74, 6) is 0.